The minimum absolute atomic E-state index is 0.0549. The van der Waals surface area contributed by atoms with Gasteiger partial charge in [0.15, 0.2) is 0 Å². The van der Waals surface area contributed by atoms with Crippen molar-refractivity contribution in [3.63, 3.8) is 0 Å². The number of rotatable bonds is 6. The molecule has 0 radical (unpaired) electrons. The van der Waals surface area contributed by atoms with Crippen molar-refractivity contribution < 1.29 is 9.21 Å². The van der Waals surface area contributed by atoms with E-state index in [1.807, 2.05) is 61.7 Å². The number of carbonyl (C=O) groups excluding carboxylic acids is 1. The molecule has 172 valence electrons. The lowest BCUT2D eigenvalue weighted by Gasteiger charge is -2.32. The lowest BCUT2D eigenvalue weighted by Crippen LogP contribution is -2.44. The Bertz CT molecular complexity index is 1250. The summed E-state index contributed by atoms with van der Waals surface area (Å²) in [4.78, 5) is 19.6. The number of hydrogen-bond donors (Lipinski definition) is 1. The van der Waals surface area contributed by atoms with Crippen LogP contribution in [0.15, 0.2) is 77.3 Å². The normalized spacial score (nSPS) is 14.7. The van der Waals surface area contributed by atoms with E-state index in [9.17, 15) is 4.79 Å². The van der Waals surface area contributed by atoms with E-state index in [0.717, 1.165) is 54.9 Å². The summed E-state index contributed by atoms with van der Waals surface area (Å²) in [5.74, 6) is 0.861. The number of piperidine rings is 1. The fraction of sp³-hybridized carbons (Fsp3) is 0.259. The largest absolute Gasteiger partial charge is 0.416 e. The molecule has 1 saturated heterocycles. The van der Waals surface area contributed by atoms with E-state index in [-0.39, 0.29) is 11.9 Å². The molecule has 2 aromatic heterocycles. The maximum atomic E-state index is 12.8. The van der Waals surface area contributed by atoms with E-state index in [0.29, 0.717) is 17.3 Å². The molecule has 0 saturated carbocycles. The number of amides is 1. The highest BCUT2D eigenvalue weighted by Crippen LogP contribution is 2.25. The highest BCUT2D eigenvalue weighted by atomic mass is 16.4. The Morgan fingerprint density at radius 3 is 2.44 bits per heavy atom. The van der Waals surface area contributed by atoms with Crippen molar-refractivity contribution in [1.29, 1.82) is 0 Å². The standard InChI is InChI=1S/C27H27N5O2/c1-19-5-4-6-22(17-19)27-31-30-26(34-27)21-10-8-20(9-11-21)25(33)29-23-12-15-32(16-13-23)18-24-7-2-3-14-28-24/h2-11,14,17,23H,12-13,15-16,18H2,1H3,(H,29,33). The summed E-state index contributed by atoms with van der Waals surface area (Å²) in [7, 11) is 0. The van der Waals surface area contributed by atoms with Crippen molar-refractivity contribution in [1.82, 2.24) is 25.4 Å². The number of pyridine rings is 1. The van der Waals surface area contributed by atoms with Gasteiger partial charge in [0.05, 0.1) is 5.69 Å². The Hall–Kier alpha value is -3.84. The molecule has 7 nitrogen and oxygen atoms in total. The number of nitrogens with one attached hydrogen (secondary N) is 1. The monoisotopic (exact) mass is 453 g/mol. The molecule has 1 aliphatic heterocycles. The molecule has 2 aromatic carbocycles. The van der Waals surface area contributed by atoms with Crippen molar-refractivity contribution in [2.45, 2.75) is 32.4 Å². The summed E-state index contributed by atoms with van der Waals surface area (Å²) in [5.41, 5.74) is 4.51. The second-order valence-corrected chi connectivity index (χ2v) is 8.70. The van der Waals surface area contributed by atoms with Crippen molar-refractivity contribution >= 4 is 5.91 Å². The number of likely N-dealkylation sites (tertiary alicyclic amines) is 1. The minimum atomic E-state index is -0.0549. The average Bonchev–Trinajstić information content (AvgIpc) is 3.37. The summed E-state index contributed by atoms with van der Waals surface area (Å²) in [6, 6.07) is 21.4. The third kappa shape index (κ3) is 5.21. The van der Waals surface area contributed by atoms with E-state index >= 15 is 0 Å². The van der Waals surface area contributed by atoms with Crippen molar-refractivity contribution in [2.24, 2.45) is 0 Å². The Labute approximate surface area is 198 Å². The Balaban J connectivity index is 1.16. The predicted octanol–water partition coefficient (Wildman–Crippen LogP) is 4.50. The molecule has 0 unspecified atom stereocenters. The number of nitrogens with zero attached hydrogens (tertiary/aromatic N) is 4. The molecule has 5 rings (SSSR count). The van der Waals surface area contributed by atoms with E-state index in [1.165, 1.54) is 0 Å². The first-order chi connectivity index (χ1) is 16.6. The van der Waals surface area contributed by atoms with Crippen LogP contribution in [-0.4, -0.2) is 45.1 Å². The van der Waals surface area contributed by atoms with Crippen LogP contribution >= 0.6 is 0 Å². The van der Waals surface area contributed by atoms with Gasteiger partial charge < -0.3 is 9.73 Å². The SMILES string of the molecule is Cc1cccc(-c2nnc(-c3ccc(C(=O)NC4CCN(Cc5ccccn5)CC4)cc3)o2)c1. The molecule has 0 bridgehead atoms. The van der Waals surface area contributed by atoms with Crippen LogP contribution in [0.3, 0.4) is 0 Å². The topological polar surface area (TPSA) is 84.2 Å². The first-order valence-corrected chi connectivity index (χ1v) is 11.6. The molecular formula is C27H27N5O2. The van der Waals surface area contributed by atoms with Crippen molar-refractivity contribution in [2.75, 3.05) is 13.1 Å². The van der Waals surface area contributed by atoms with E-state index in [2.05, 4.69) is 31.5 Å². The fourth-order valence-corrected chi connectivity index (χ4v) is 4.22. The molecule has 1 aliphatic rings. The molecule has 0 aliphatic carbocycles. The summed E-state index contributed by atoms with van der Waals surface area (Å²) in [5, 5.41) is 11.5. The van der Waals surface area contributed by atoms with Gasteiger partial charge in [0, 0.05) is 48.6 Å². The molecule has 1 N–H and O–H groups in total. The quantitative estimate of drug-likeness (QED) is 0.463. The number of aryl methyl sites for hydroxylation is 1. The van der Waals surface area contributed by atoms with Gasteiger partial charge in [-0.05, 0) is 68.3 Å². The zero-order valence-electron chi connectivity index (χ0n) is 19.1. The van der Waals surface area contributed by atoms with Gasteiger partial charge in [0.1, 0.15) is 0 Å². The van der Waals surface area contributed by atoms with Gasteiger partial charge in [0.25, 0.3) is 5.91 Å². The second-order valence-electron chi connectivity index (χ2n) is 8.70. The van der Waals surface area contributed by atoms with Crippen LogP contribution in [0, 0.1) is 6.92 Å². The molecule has 0 spiro atoms. The first-order valence-electron chi connectivity index (χ1n) is 11.6. The summed E-state index contributed by atoms with van der Waals surface area (Å²) in [6.07, 6.45) is 3.69. The van der Waals surface area contributed by atoms with E-state index < -0.39 is 0 Å². The smallest absolute Gasteiger partial charge is 0.251 e. The molecule has 0 atom stereocenters. The van der Waals surface area contributed by atoms with Gasteiger partial charge in [-0.1, -0.05) is 23.8 Å². The average molecular weight is 454 g/mol. The molecule has 4 aromatic rings. The van der Waals surface area contributed by atoms with Gasteiger partial charge in [0.2, 0.25) is 11.8 Å². The van der Waals surface area contributed by atoms with E-state index in [1.54, 1.807) is 12.1 Å². The number of hydrogen-bond acceptors (Lipinski definition) is 6. The fourth-order valence-electron chi connectivity index (χ4n) is 4.22. The molecule has 3 heterocycles. The highest BCUT2D eigenvalue weighted by Gasteiger charge is 2.21. The lowest BCUT2D eigenvalue weighted by atomic mass is 10.0. The predicted molar refractivity (Wildman–Crippen MR) is 130 cm³/mol. The Morgan fingerprint density at radius 2 is 1.74 bits per heavy atom. The van der Waals surface area contributed by atoms with Gasteiger partial charge in [-0.2, -0.15) is 0 Å². The van der Waals surface area contributed by atoms with Crippen LogP contribution in [0.1, 0.15) is 34.5 Å². The Morgan fingerprint density at radius 1 is 0.971 bits per heavy atom. The van der Waals surface area contributed by atoms with Crippen LogP contribution in [-0.2, 0) is 6.54 Å². The third-order valence-electron chi connectivity index (χ3n) is 6.12. The zero-order chi connectivity index (χ0) is 23.3. The lowest BCUT2D eigenvalue weighted by molar-refractivity contribution is 0.0908. The van der Waals surface area contributed by atoms with Crippen LogP contribution < -0.4 is 5.32 Å². The highest BCUT2D eigenvalue weighted by molar-refractivity contribution is 5.94. The number of benzene rings is 2. The van der Waals surface area contributed by atoms with Crippen LogP contribution in [0.5, 0.6) is 0 Å². The van der Waals surface area contributed by atoms with Gasteiger partial charge in [-0.15, -0.1) is 10.2 Å². The maximum absolute atomic E-state index is 12.8. The van der Waals surface area contributed by atoms with Crippen molar-refractivity contribution in [3.8, 4) is 22.9 Å². The van der Waals surface area contributed by atoms with Gasteiger partial charge in [-0.25, -0.2) is 0 Å². The molecular weight excluding hydrogens is 426 g/mol. The summed E-state index contributed by atoms with van der Waals surface area (Å²) < 4.78 is 5.85. The summed E-state index contributed by atoms with van der Waals surface area (Å²) in [6.45, 7) is 4.77. The van der Waals surface area contributed by atoms with Gasteiger partial charge in [-0.3, -0.25) is 14.7 Å². The zero-order valence-corrected chi connectivity index (χ0v) is 19.1. The maximum Gasteiger partial charge on any atom is 0.251 e. The minimum Gasteiger partial charge on any atom is -0.416 e. The molecule has 7 heteroatoms. The van der Waals surface area contributed by atoms with Crippen LogP contribution in [0.25, 0.3) is 22.9 Å². The van der Waals surface area contributed by atoms with Crippen LogP contribution in [0.4, 0.5) is 0 Å². The summed E-state index contributed by atoms with van der Waals surface area (Å²) >= 11 is 0. The van der Waals surface area contributed by atoms with Crippen LogP contribution in [0.2, 0.25) is 0 Å². The van der Waals surface area contributed by atoms with E-state index in [4.69, 9.17) is 4.42 Å². The molecule has 1 fully saturated rings. The number of carbonyl (C=O) groups is 1. The van der Waals surface area contributed by atoms with Crippen molar-refractivity contribution in [3.05, 3.63) is 89.7 Å². The van der Waals surface area contributed by atoms with Gasteiger partial charge >= 0.3 is 0 Å². The third-order valence-corrected chi connectivity index (χ3v) is 6.12. The Kier molecular flexibility index (Phi) is 6.44. The molecule has 1 amide bonds. The first kappa shape index (κ1) is 22.0. The number of aromatic nitrogens is 3. The second kappa shape index (κ2) is 9.97. The molecule has 34 heavy (non-hydrogen) atoms.